The molecule has 0 aromatic heterocycles. The van der Waals surface area contributed by atoms with Gasteiger partial charge in [0, 0.05) is 11.1 Å². The molecule has 0 heterocycles. The molecule has 0 unspecified atom stereocenters. The molecule has 0 atom stereocenters. The number of nitrogens with zero attached hydrogens (tertiary/aromatic N) is 2. The lowest BCUT2D eigenvalue weighted by atomic mass is 10.0. The number of ether oxygens (including phenoxy) is 3. The van der Waals surface area contributed by atoms with Gasteiger partial charge in [-0.25, -0.2) is 4.79 Å². The van der Waals surface area contributed by atoms with Gasteiger partial charge in [0.15, 0.2) is 0 Å². The van der Waals surface area contributed by atoms with E-state index in [0.29, 0.717) is 46.9 Å². The van der Waals surface area contributed by atoms with Crippen molar-refractivity contribution < 1.29 is 41.9 Å². The Morgan fingerprint density at radius 1 is 0.881 bits per heavy atom. The van der Waals surface area contributed by atoms with Gasteiger partial charge in [-0.05, 0) is 61.4 Å². The average molecular weight is 585 g/mol. The molecule has 222 valence electrons. The van der Waals surface area contributed by atoms with Crippen molar-refractivity contribution in [2.75, 3.05) is 20.8 Å². The normalized spacial score (nSPS) is 12.5. The molecule has 11 heteroatoms. The highest BCUT2D eigenvalue weighted by Crippen LogP contribution is 2.33. The van der Waals surface area contributed by atoms with Crippen molar-refractivity contribution in [3.8, 4) is 11.5 Å². The van der Waals surface area contributed by atoms with E-state index < -0.39 is 17.7 Å². The number of benzene rings is 3. The lowest BCUT2D eigenvalue weighted by molar-refractivity contribution is -0.137. The van der Waals surface area contributed by atoms with E-state index >= 15 is 0 Å². The number of carbonyl (C=O) groups excluding carboxylic acids is 1. The number of alkyl halides is 3. The van der Waals surface area contributed by atoms with Crippen LogP contribution >= 0.6 is 0 Å². The van der Waals surface area contributed by atoms with Crippen LogP contribution < -0.4 is 4.74 Å². The highest BCUT2D eigenvalue weighted by atomic mass is 19.4. The number of carbonyl (C=O) groups is 1. The van der Waals surface area contributed by atoms with E-state index in [1.54, 1.807) is 55.5 Å². The van der Waals surface area contributed by atoms with Gasteiger partial charge in [-0.3, -0.25) is 0 Å². The maximum absolute atomic E-state index is 13.0. The topological polar surface area (TPSA) is 87.9 Å². The Morgan fingerprint density at radius 3 is 2.26 bits per heavy atom. The maximum Gasteiger partial charge on any atom is 0.416 e. The third-order valence-corrected chi connectivity index (χ3v) is 5.76. The highest BCUT2D eigenvalue weighted by Gasteiger charge is 2.30. The van der Waals surface area contributed by atoms with E-state index in [9.17, 15) is 18.0 Å². The van der Waals surface area contributed by atoms with E-state index in [2.05, 4.69) is 10.3 Å². The molecule has 8 nitrogen and oxygen atoms in total. The third kappa shape index (κ3) is 8.60. The van der Waals surface area contributed by atoms with E-state index in [1.165, 1.54) is 32.6 Å². The molecule has 3 rings (SSSR count). The zero-order valence-corrected chi connectivity index (χ0v) is 23.6. The molecule has 0 aliphatic carbocycles. The van der Waals surface area contributed by atoms with Crippen LogP contribution in [0, 0.1) is 0 Å². The van der Waals surface area contributed by atoms with Crippen molar-refractivity contribution in [3.05, 3.63) is 101 Å². The van der Waals surface area contributed by atoms with Gasteiger partial charge in [-0.1, -0.05) is 47.6 Å². The minimum absolute atomic E-state index is 0.0312. The lowest BCUT2D eigenvalue weighted by Gasteiger charge is -2.13. The molecule has 0 saturated carbocycles. The van der Waals surface area contributed by atoms with Crippen LogP contribution in [0.15, 0.2) is 89.4 Å². The summed E-state index contributed by atoms with van der Waals surface area (Å²) in [6.07, 6.45) is -2.73. The molecule has 0 N–H and O–H groups in total. The van der Waals surface area contributed by atoms with Crippen LogP contribution in [-0.4, -0.2) is 38.2 Å². The summed E-state index contributed by atoms with van der Waals surface area (Å²) in [5.74, 6) is -0.170. The Balaban J connectivity index is 1.82. The van der Waals surface area contributed by atoms with Gasteiger partial charge >= 0.3 is 12.1 Å². The lowest BCUT2D eigenvalue weighted by Crippen LogP contribution is -2.16. The summed E-state index contributed by atoms with van der Waals surface area (Å²) in [6, 6.07) is 18.4. The second-order valence-electron chi connectivity index (χ2n) is 8.59. The SMILES string of the molecule is CCON=C(C(CC)=NOCc1ccccc1C(=COC)C(=O)OC)c1ccc(Oc2cccc(C(F)(F)F)c2)cc1. The molecule has 0 aliphatic rings. The largest absolute Gasteiger partial charge is 0.503 e. The van der Waals surface area contributed by atoms with Crippen molar-refractivity contribution in [1.82, 2.24) is 0 Å². The summed E-state index contributed by atoms with van der Waals surface area (Å²) in [6.45, 7) is 4.01. The number of hydrogen-bond donors (Lipinski definition) is 0. The summed E-state index contributed by atoms with van der Waals surface area (Å²) in [4.78, 5) is 23.3. The monoisotopic (exact) mass is 584 g/mol. The quantitative estimate of drug-likeness (QED) is 0.0685. The molecule has 0 bridgehead atoms. The first-order valence-corrected chi connectivity index (χ1v) is 13.0. The fourth-order valence-corrected chi connectivity index (χ4v) is 3.77. The average Bonchev–Trinajstić information content (AvgIpc) is 2.99. The fraction of sp³-hybridized carbons (Fsp3) is 0.258. The second-order valence-corrected chi connectivity index (χ2v) is 8.59. The molecule has 0 saturated heterocycles. The number of oxime groups is 2. The Hall–Kier alpha value is -4.80. The van der Waals surface area contributed by atoms with Crippen LogP contribution in [0.2, 0.25) is 0 Å². The minimum atomic E-state index is -4.47. The van der Waals surface area contributed by atoms with Gasteiger partial charge in [0.2, 0.25) is 0 Å². The number of esters is 1. The van der Waals surface area contributed by atoms with Crippen LogP contribution in [0.4, 0.5) is 13.2 Å². The summed E-state index contributed by atoms with van der Waals surface area (Å²) < 4.78 is 54.7. The zero-order chi connectivity index (χ0) is 30.5. The molecular weight excluding hydrogens is 553 g/mol. The number of methoxy groups -OCH3 is 2. The van der Waals surface area contributed by atoms with Crippen molar-refractivity contribution >= 4 is 23.0 Å². The molecule has 3 aromatic carbocycles. The number of rotatable bonds is 13. The number of hydrogen-bond acceptors (Lipinski definition) is 8. The summed E-state index contributed by atoms with van der Waals surface area (Å²) in [5.41, 5.74) is 2.18. The van der Waals surface area contributed by atoms with Gasteiger partial charge in [0.1, 0.15) is 41.7 Å². The standard InChI is InChI=1S/C31H31F3N2O6/c1-5-28(35-41-19-22-10-7-8-13-26(22)27(20-38-3)30(37)39-4)29(36-40-6-2)21-14-16-24(17-15-21)42-25-12-9-11-23(18-25)31(32,33)34/h7-18,20H,5-6,19H2,1-4H3. The van der Waals surface area contributed by atoms with Crippen LogP contribution in [0.1, 0.15) is 42.5 Å². The van der Waals surface area contributed by atoms with Crippen molar-refractivity contribution in [3.63, 3.8) is 0 Å². The maximum atomic E-state index is 13.0. The molecular formula is C31H31F3N2O6. The van der Waals surface area contributed by atoms with Gasteiger partial charge in [0.25, 0.3) is 0 Å². The second kappa shape index (κ2) is 15.3. The van der Waals surface area contributed by atoms with Crippen molar-refractivity contribution in [1.29, 1.82) is 0 Å². The number of halogens is 3. The van der Waals surface area contributed by atoms with Crippen molar-refractivity contribution in [2.45, 2.75) is 33.1 Å². The Kier molecular flexibility index (Phi) is 11.5. The molecule has 42 heavy (non-hydrogen) atoms. The molecule has 0 spiro atoms. The van der Waals surface area contributed by atoms with E-state index in [4.69, 9.17) is 23.9 Å². The van der Waals surface area contributed by atoms with Crippen molar-refractivity contribution in [2.24, 2.45) is 10.3 Å². The van der Waals surface area contributed by atoms with Crippen LogP contribution in [-0.2, 0) is 36.7 Å². The van der Waals surface area contributed by atoms with Gasteiger partial charge in [0.05, 0.1) is 26.0 Å². The Bertz CT molecular complexity index is 1430. The van der Waals surface area contributed by atoms with E-state index in [-0.39, 0.29) is 17.9 Å². The zero-order valence-electron chi connectivity index (χ0n) is 23.6. The van der Waals surface area contributed by atoms with E-state index in [1.807, 2.05) is 6.92 Å². The van der Waals surface area contributed by atoms with Crippen LogP contribution in [0.5, 0.6) is 11.5 Å². The molecule has 0 radical (unpaired) electrons. The Labute approximate surface area is 242 Å². The molecule has 3 aromatic rings. The first-order valence-electron chi connectivity index (χ1n) is 13.0. The van der Waals surface area contributed by atoms with Gasteiger partial charge in [-0.15, -0.1) is 0 Å². The van der Waals surface area contributed by atoms with Crippen LogP contribution in [0.3, 0.4) is 0 Å². The van der Waals surface area contributed by atoms with Crippen LogP contribution in [0.25, 0.3) is 5.57 Å². The highest BCUT2D eigenvalue weighted by molar-refractivity contribution is 6.48. The van der Waals surface area contributed by atoms with Gasteiger partial charge < -0.3 is 23.9 Å². The third-order valence-electron chi connectivity index (χ3n) is 5.76. The first-order chi connectivity index (χ1) is 20.2. The fourth-order valence-electron chi connectivity index (χ4n) is 3.77. The Morgan fingerprint density at radius 2 is 1.62 bits per heavy atom. The first kappa shape index (κ1) is 31.7. The predicted octanol–water partition coefficient (Wildman–Crippen LogP) is 7.38. The molecule has 0 aliphatic heterocycles. The summed E-state index contributed by atoms with van der Waals surface area (Å²) >= 11 is 0. The minimum Gasteiger partial charge on any atom is -0.503 e. The summed E-state index contributed by atoms with van der Waals surface area (Å²) in [5, 5.41) is 8.52. The predicted molar refractivity (Wildman–Crippen MR) is 152 cm³/mol. The van der Waals surface area contributed by atoms with E-state index in [0.717, 1.165) is 12.1 Å². The smallest absolute Gasteiger partial charge is 0.416 e. The molecule has 0 amide bonds. The molecule has 0 fully saturated rings. The summed E-state index contributed by atoms with van der Waals surface area (Å²) in [7, 11) is 2.72. The van der Waals surface area contributed by atoms with Gasteiger partial charge in [-0.2, -0.15) is 13.2 Å².